The number of amides is 1. The van der Waals surface area contributed by atoms with Crippen LogP contribution in [0.25, 0.3) is 0 Å². The van der Waals surface area contributed by atoms with E-state index in [1.807, 2.05) is 26.0 Å². The molecule has 0 aliphatic carbocycles. The highest BCUT2D eigenvalue weighted by atomic mass is 16.5. The van der Waals surface area contributed by atoms with Crippen molar-refractivity contribution in [3.63, 3.8) is 0 Å². The molecular weight excluding hydrogens is 302 g/mol. The van der Waals surface area contributed by atoms with E-state index >= 15 is 0 Å². The van der Waals surface area contributed by atoms with Crippen LogP contribution in [0.1, 0.15) is 36.2 Å². The van der Waals surface area contributed by atoms with E-state index < -0.39 is 0 Å². The molecule has 1 N–H and O–H groups in total. The predicted octanol–water partition coefficient (Wildman–Crippen LogP) is 3.85. The van der Waals surface area contributed by atoms with Gasteiger partial charge in [0.05, 0.1) is 13.2 Å². The second kappa shape index (κ2) is 8.96. The normalized spacial score (nSPS) is 10.5. The molecule has 0 fully saturated rings. The molecule has 128 valence electrons. The lowest BCUT2D eigenvalue weighted by molar-refractivity contribution is 0.0953. The monoisotopic (exact) mass is 327 g/mol. The SMILES string of the molecule is COc1ccc(C(=O)NCCCc2cccc(OC(C)C)c2)cc1. The summed E-state index contributed by atoms with van der Waals surface area (Å²) in [4.78, 5) is 12.1. The van der Waals surface area contributed by atoms with Crippen molar-refractivity contribution in [1.29, 1.82) is 0 Å². The Labute approximate surface area is 143 Å². The van der Waals surface area contributed by atoms with Crippen molar-refractivity contribution in [2.45, 2.75) is 32.8 Å². The van der Waals surface area contributed by atoms with Crippen molar-refractivity contribution in [1.82, 2.24) is 5.32 Å². The summed E-state index contributed by atoms with van der Waals surface area (Å²) in [6, 6.07) is 15.2. The van der Waals surface area contributed by atoms with Crippen LogP contribution in [0.5, 0.6) is 11.5 Å². The van der Waals surface area contributed by atoms with Crippen LogP contribution in [0.4, 0.5) is 0 Å². The zero-order valence-electron chi connectivity index (χ0n) is 14.5. The second-order valence-electron chi connectivity index (χ2n) is 5.90. The van der Waals surface area contributed by atoms with Crippen molar-refractivity contribution >= 4 is 5.91 Å². The summed E-state index contributed by atoms with van der Waals surface area (Å²) in [5.41, 5.74) is 1.86. The van der Waals surface area contributed by atoms with Gasteiger partial charge in [-0.25, -0.2) is 0 Å². The van der Waals surface area contributed by atoms with Crippen LogP contribution < -0.4 is 14.8 Å². The fourth-order valence-electron chi connectivity index (χ4n) is 2.39. The summed E-state index contributed by atoms with van der Waals surface area (Å²) in [6.07, 6.45) is 1.95. The number of benzene rings is 2. The highest BCUT2D eigenvalue weighted by molar-refractivity contribution is 5.94. The van der Waals surface area contributed by atoms with Crippen LogP contribution in [0.2, 0.25) is 0 Å². The van der Waals surface area contributed by atoms with E-state index in [1.54, 1.807) is 31.4 Å². The molecule has 24 heavy (non-hydrogen) atoms. The van der Waals surface area contributed by atoms with Gasteiger partial charge in [-0.15, -0.1) is 0 Å². The quantitative estimate of drug-likeness (QED) is 0.749. The highest BCUT2D eigenvalue weighted by Gasteiger charge is 2.05. The van der Waals surface area contributed by atoms with Crippen molar-refractivity contribution in [2.24, 2.45) is 0 Å². The van der Waals surface area contributed by atoms with Gasteiger partial charge in [0.15, 0.2) is 0 Å². The van der Waals surface area contributed by atoms with Crippen LogP contribution >= 0.6 is 0 Å². The molecule has 0 saturated carbocycles. The molecule has 4 heteroatoms. The van der Waals surface area contributed by atoms with E-state index in [9.17, 15) is 4.79 Å². The van der Waals surface area contributed by atoms with Crippen molar-refractivity contribution in [3.05, 3.63) is 59.7 Å². The fraction of sp³-hybridized carbons (Fsp3) is 0.350. The Morgan fingerprint density at radius 2 is 1.83 bits per heavy atom. The van der Waals surface area contributed by atoms with Crippen LogP contribution in [0.15, 0.2) is 48.5 Å². The van der Waals surface area contributed by atoms with Crippen LogP contribution in [0, 0.1) is 0 Å². The van der Waals surface area contributed by atoms with Gasteiger partial charge in [-0.1, -0.05) is 12.1 Å². The summed E-state index contributed by atoms with van der Waals surface area (Å²) in [5.74, 6) is 1.58. The molecular formula is C20H25NO3. The summed E-state index contributed by atoms with van der Waals surface area (Å²) in [7, 11) is 1.61. The first-order valence-corrected chi connectivity index (χ1v) is 8.26. The van der Waals surface area contributed by atoms with E-state index in [0.29, 0.717) is 12.1 Å². The third-order valence-corrected chi connectivity index (χ3v) is 3.55. The lowest BCUT2D eigenvalue weighted by atomic mass is 10.1. The molecule has 0 saturated heterocycles. The van der Waals surface area contributed by atoms with Crippen molar-refractivity contribution < 1.29 is 14.3 Å². The molecule has 4 nitrogen and oxygen atoms in total. The summed E-state index contributed by atoms with van der Waals surface area (Å²) >= 11 is 0. The lowest BCUT2D eigenvalue weighted by Crippen LogP contribution is -2.24. The molecule has 0 aliphatic rings. The maximum atomic E-state index is 12.1. The third kappa shape index (κ3) is 5.61. The molecule has 0 radical (unpaired) electrons. The first-order valence-electron chi connectivity index (χ1n) is 8.26. The summed E-state index contributed by atoms with van der Waals surface area (Å²) in [5, 5.41) is 2.94. The number of carbonyl (C=O) groups is 1. The molecule has 1 amide bonds. The van der Waals surface area contributed by atoms with Crippen LogP contribution in [-0.4, -0.2) is 25.7 Å². The van der Waals surface area contributed by atoms with E-state index in [4.69, 9.17) is 9.47 Å². The zero-order valence-corrected chi connectivity index (χ0v) is 14.5. The lowest BCUT2D eigenvalue weighted by Gasteiger charge is -2.11. The first kappa shape index (κ1) is 17.9. The van der Waals surface area contributed by atoms with E-state index in [2.05, 4.69) is 17.4 Å². The van der Waals surface area contributed by atoms with Gasteiger partial charge in [0.25, 0.3) is 5.91 Å². The number of carbonyl (C=O) groups excluding carboxylic acids is 1. The Balaban J connectivity index is 1.76. The van der Waals surface area contributed by atoms with E-state index in [-0.39, 0.29) is 12.0 Å². The van der Waals surface area contributed by atoms with Gasteiger partial charge in [-0.05, 0) is 68.7 Å². The van der Waals surface area contributed by atoms with Crippen molar-refractivity contribution in [2.75, 3.05) is 13.7 Å². The van der Waals surface area contributed by atoms with E-state index in [1.165, 1.54) is 5.56 Å². The fourth-order valence-corrected chi connectivity index (χ4v) is 2.39. The average Bonchev–Trinajstić information content (AvgIpc) is 2.58. The minimum absolute atomic E-state index is 0.0606. The van der Waals surface area contributed by atoms with Crippen LogP contribution in [-0.2, 0) is 6.42 Å². The third-order valence-electron chi connectivity index (χ3n) is 3.55. The number of rotatable bonds is 8. The molecule has 0 spiro atoms. The summed E-state index contributed by atoms with van der Waals surface area (Å²) in [6.45, 7) is 4.67. The van der Waals surface area contributed by atoms with Gasteiger partial charge in [0, 0.05) is 12.1 Å². The first-order chi connectivity index (χ1) is 11.6. The topological polar surface area (TPSA) is 47.6 Å². The Bertz CT molecular complexity index is 650. The van der Waals surface area contributed by atoms with Gasteiger partial charge in [0.1, 0.15) is 11.5 Å². The molecule has 0 unspecified atom stereocenters. The number of ether oxygens (including phenoxy) is 2. The number of aryl methyl sites for hydroxylation is 1. The standard InChI is InChI=1S/C20H25NO3/c1-15(2)24-19-8-4-6-16(14-19)7-5-13-21-20(22)17-9-11-18(23-3)12-10-17/h4,6,8-12,14-15H,5,7,13H2,1-3H3,(H,21,22). The number of hydrogen-bond acceptors (Lipinski definition) is 3. The number of nitrogens with one attached hydrogen (secondary N) is 1. The smallest absolute Gasteiger partial charge is 0.251 e. The average molecular weight is 327 g/mol. The molecule has 2 aromatic rings. The van der Waals surface area contributed by atoms with Gasteiger partial charge < -0.3 is 14.8 Å². The Hall–Kier alpha value is -2.49. The highest BCUT2D eigenvalue weighted by Crippen LogP contribution is 2.16. The van der Waals surface area contributed by atoms with E-state index in [0.717, 1.165) is 24.3 Å². The zero-order chi connectivity index (χ0) is 17.4. The Kier molecular flexibility index (Phi) is 6.67. The van der Waals surface area contributed by atoms with Gasteiger partial charge in [-0.3, -0.25) is 4.79 Å². The second-order valence-corrected chi connectivity index (χ2v) is 5.90. The Morgan fingerprint density at radius 1 is 1.08 bits per heavy atom. The molecule has 0 bridgehead atoms. The van der Waals surface area contributed by atoms with Crippen molar-refractivity contribution in [3.8, 4) is 11.5 Å². The van der Waals surface area contributed by atoms with Gasteiger partial charge in [0.2, 0.25) is 0 Å². The molecule has 0 heterocycles. The largest absolute Gasteiger partial charge is 0.497 e. The molecule has 0 aromatic heterocycles. The number of methoxy groups -OCH3 is 1. The minimum atomic E-state index is -0.0606. The Morgan fingerprint density at radius 3 is 2.50 bits per heavy atom. The molecule has 0 atom stereocenters. The van der Waals surface area contributed by atoms with Gasteiger partial charge >= 0.3 is 0 Å². The number of hydrogen-bond donors (Lipinski definition) is 1. The van der Waals surface area contributed by atoms with Crippen LogP contribution in [0.3, 0.4) is 0 Å². The minimum Gasteiger partial charge on any atom is -0.497 e. The molecule has 2 aromatic carbocycles. The predicted molar refractivity (Wildman–Crippen MR) is 95.9 cm³/mol. The molecule has 2 rings (SSSR count). The maximum absolute atomic E-state index is 12.1. The maximum Gasteiger partial charge on any atom is 0.251 e. The summed E-state index contributed by atoms with van der Waals surface area (Å²) < 4.78 is 10.8. The molecule has 0 aliphatic heterocycles. The van der Waals surface area contributed by atoms with Gasteiger partial charge in [-0.2, -0.15) is 0 Å².